The van der Waals surface area contributed by atoms with Crippen molar-refractivity contribution in [1.82, 2.24) is 35.4 Å². The van der Waals surface area contributed by atoms with E-state index in [0.717, 1.165) is 54.0 Å². The van der Waals surface area contributed by atoms with E-state index >= 15 is 0 Å². The maximum absolute atomic E-state index is 4.75. The van der Waals surface area contributed by atoms with E-state index in [4.69, 9.17) is 10.1 Å². The molecule has 0 amide bonds. The molecule has 0 atom stereocenters. The van der Waals surface area contributed by atoms with Crippen LogP contribution in [0.3, 0.4) is 0 Å². The third-order valence-electron chi connectivity index (χ3n) is 5.09. The SMILES string of the molecule is CCC=Cc1nc(CCCC)nn1Cc1ccc(-c2cccc(-c3nn[nH]n3)c2)cc1. The Labute approximate surface area is 182 Å². The van der Waals surface area contributed by atoms with E-state index in [1.807, 2.05) is 16.8 Å². The van der Waals surface area contributed by atoms with E-state index in [2.05, 4.69) is 83.0 Å². The average Bonchev–Trinajstić information content (AvgIpc) is 3.47. The minimum absolute atomic E-state index is 0.594. The average molecular weight is 414 g/mol. The Morgan fingerprint density at radius 1 is 1.00 bits per heavy atom. The van der Waals surface area contributed by atoms with Crippen molar-refractivity contribution < 1.29 is 0 Å². The number of hydrogen-bond acceptors (Lipinski definition) is 5. The highest BCUT2D eigenvalue weighted by molar-refractivity contribution is 5.70. The molecule has 0 aliphatic rings. The molecule has 0 saturated heterocycles. The normalized spacial score (nSPS) is 11.4. The largest absolute Gasteiger partial charge is 0.242 e. The number of aromatic nitrogens is 7. The summed E-state index contributed by atoms with van der Waals surface area (Å²) >= 11 is 0. The van der Waals surface area contributed by atoms with Crippen LogP contribution in [0.25, 0.3) is 28.6 Å². The fraction of sp³-hybridized carbons (Fsp3) is 0.292. The number of hydrogen-bond donors (Lipinski definition) is 1. The molecular formula is C24H27N7. The van der Waals surface area contributed by atoms with Gasteiger partial charge in [0, 0.05) is 12.0 Å². The highest BCUT2D eigenvalue weighted by Crippen LogP contribution is 2.24. The Morgan fingerprint density at radius 3 is 2.58 bits per heavy atom. The van der Waals surface area contributed by atoms with Gasteiger partial charge in [0.2, 0.25) is 5.82 Å². The molecular weight excluding hydrogens is 386 g/mol. The summed E-state index contributed by atoms with van der Waals surface area (Å²) in [6.07, 6.45) is 8.35. The minimum Gasteiger partial charge on any atom is -0.242 e. The number of unbranched alkanes of at least 4 members (excludes halogenated alkanes) is 1. The molecule has 0 spiro atoms. The highest BCUT2D eigenvalue weighted by atomic mass is 15.5. The second-order valence-corrected chi connectivity index (χ2v) is 7.47. The van der Waals surface area contributed by atoms with Gasteiger partial charge in [-0.15, -0.1) is 10.2 Å². The lowest BCUT2D eigenvalue weighted by molar-refractivity contribution is 0.656. The fourth-order valence-corrected chi connectivity index (χ4v) is 3.40. The zero-order valence-corrected chi connectivity index (χ0v) is 18.0. The van der Waals surface area contributed by atoms with E-state index in [-0.39, 0.29) is 0 Å². The van der Waals surface area contributed by atoms with Gasteiger partial charge in [0.25, 0.3) is 0 Å². The van der Waals surface area contributed by atoms with Gasteiger partial charge in [-0.3, -0.25) is 0 Å². The Kier molecular flexibility index (Phi) is 6.62. The molecule has 2 aromatic carbocycles. The smallest absolute Gasteiger partial charge is 0.204 e. The summed E-state index contributed by atoms with van der Waals surface area (Å²) in [5, 5.41) is 19.0. The molecule has 7 heteroatoms. The molecule has 1 N–H and O–H groups in total. The molecule has 0 unspecified atom stereocenters. The lowest BCUT2D eigenvalue weighted by atomic mass is 10.0. The molecule has 2 heterocycles. The number of aryl methyl sites for hydroxylation is 1. The molecule has 0 bridgehead atoms. The van der Waals surface area contributed by atoms with Crippen LogP contribution in [0.15, 0.2) is 54.6 Å². The number of nitrogens with zero attached hydrogens (tertiary/aromatic N) is 6. The number of aromatic amines is 1. The van der Waals surface area contributed by atoms with Gasteiger partial charge in [-0.1, -0.05) is 68.8 Å². The first-order chi connectivity index (χ1) is 15.3. The summed E-state index contributed by atoms with van der Waals surface area (Å²) < 4.78 is 2.00. The van der Waals surface area contributed by atoms with Crippen molar-refractivity contribution in [3.63, 3.8) is 0 Å². The molecule has 31 heavy (non-hydrogen) atoms. The quantitative estimate of drug-likeness (QED) is 0.420. The van der Waals surface area contributed by atoms with E-state index < -0.39 is 0 Å². The summed E-state index contributed by atoms with van der Waals surface area (Å²) in [7, 11) is 0. The molecule has 2 aromatic heterocycles. The van der Waals surface area contributed by atoms with E-state index in [0.29, 0.717) is 12.4 Å². The van der Waals surface area contributed by atoms with Crippen LogP contribution in [0.4, 0.5) is 0 Å². The first kappa shape index (κ1) is 20.7. The molecule has 0 radical (unpaired) electrons. The van der Waals surface area contributed by atoms with Crippen LogP contribution < -0.4 is 0 Å². The highest BCUT2D eigenvalue weighted by Gasteiger charge is 2.09. The van der Waals surface area contributed by atoms with Crippen LogP contribution in [0.1, 0.15) is 50.3 Å². The predicted octanol–water partition coefficient (Wildman–Crippen LogP) is 4.94. The van der Waals surface area contributed by atoms with Crippen LogP contribution in [-0.2, 0) is 13.0 Å². The zero-order chi connectivity index (χ0) is 21.5. The van der Waals surface area contributed by atoms with Crippen LogP contribution in [-0.4, -0.2) is 35.4 Å². The molecule has 0 saturated carbocycles. The lowest BCUT2D eigenvalue weighted by Crippen LogP contribution is -2.04. The van der Waals surface area contributed by atoms with Crippen molar-refractivity contribution in [3.8, 4) is 22.5 Å². The number of tetrazole rings is 1. The summed E-state index contributed by atoms with van der Waals surface area (Å²) in [6.45, 7) is 5.02. The third kappa shape index (κ3) is 5.12. The van der Waals surface area contributed by atoms with E-state index in [9.17, 15) is 0 Å². The van der Waals surface area contributed by atoms with Gasteiger partial charge in [-0.2, -0.15) is 10.3 Å². The number of nitrogens with one attached hydrogen (secondary N) is 1. The first-order valence-corrected chi connectivity index (χ1v) is 10.8. The summed E-state index contributed by atoms with van der Waals surface area (Å²) in [5.74, 6) is 2.44. The monoisotopic (exact) mass is 413 g/mol. The minimum atomic E-state index is 0.594. The van der Waals surface area contributed by atoms with Crippen molar-refractivity contribution in [2.45, 2.75) is 46.1 Å². The Morgan fingerprint density at radius 2 is 1.84 bits per heavy atom. The molecule has 4 aromatic rings. The first-order valence-electron chi connectivity index (χ1n) is 10.8. The van der Waals surface area contributed by atoms with Crippen LogP contribution >= 0.6 is 0 Å². The standard InChI is InChI=1S/C24H27N7/c1-3-5-10-22-25-23(11-6-4-2)31(28-22)17-18-12-14-19(15-13-18)20-8-7-9-21(16-20)24-26-29-30-27-24/h6-9,11-16H,3-5,10,17H2,1-2H3,(H,26,27,29,30). The Balaban J connectivity index is 1.53. The van der Waals surface area contributed by atoms with Gasteiger partial charge < -0.3 is 0 Å². The van der Waals surface area contributed by atoms with Crippen molar-refractivity contribution in [2.24, 2.45) is 0 Å². The lowest BCUT2D eigenvalue weighted by Gasteiger charge is -2.07. The molecule has 0 aliphatic carbocycles. The van der Waals surface area contributed by atoms with Crippen LogP contribution in [0.2, 0.25) is 0 Å². The van der Waals surface area contributed by atoms with Crippen molar-refractivity contribution in [1.29, 1.82) is 0 Å². The number of rotatable bonds is 9. The summed E-state index contributed by atoms with van der Waals surface area (Å²) in [6, 6.07) is 16.7. The van der Waals surface area contributed by atoms with Gasteiger partial charge in [-0.25, -0.2) is 9.67 Å². The van der Waals surface area contributed by atoms with Crippen LogP contribution in [0.5, 0.6) is 0 Å². The summed E-state index contributed by atoms with van der Waals surface area (Å²) in [4.78, 5) is 4.73. The maximum Gasteiger partial charge on any atom is 0.204 e. The number of H-pyrrole nitrogens is 1. The van der Waals surface area contributed by atoms with Gasteiger partial charge in [0.05, 0.1) is 6.54 Å². The predicted molar refractivity (Wildman–Crippen MR) is 122 cm³/mol. The van der Waals surface area contributed by atoms with Gasteiger partial charge >= 0.3 is 0 Å². The Bertz CT molecular complexity index is 1130. The van der Waals surface area contributed by atoms with Gasteiger partial charge in [0.1, 0.15) is 0 Å². The van der Waals surface area contributed by atoms with E-state index in [1.165, 1.54) is 5.56 Å². The second kappa shape index (κ2) is 9.93. The second-order valence-electron chi connectivity index (χ2n) is 7.47. The van der Waals surface area contributed by atoms with Crippen molar-refractivity contribution in [3.05, 3.63) is 71.8 Å². The van der Waals surface area contributed by atoms with Gasteiger partial charge in [0.15, 0.2) is 11.6 Å². The molecule has 4 rings (SSSR count). The summed E-state index contributed by atoms with van der Waals surface area (Å²) in [5.41, 5.74) is 4.38. The Hall–Kier alpha value is -3.61. The topological polar surface area (TPSA) is 85.2 Å². The number of allylic oxidation sites excluding steroid dienone is 1. The van der Waals surface area contributed by atoms with Crippen molar-refractivity contribution in [2.75, 3.05) is 0 Å². The van der Waals surface area contributed by atoms with E-state index in [1.54, 1.807) is 0 Å². The molecule has 0 fully saturated rings. The van der Waals surface area contributed by atoms with Crippen molar-refractivity contribution >= 4 is 6.08 Å². The molecule has 7 nitrogen and oxygen atoms in total. The zero-order valence-electron chi connectivity index (χ0n) is 18.0. The third-order valence-corrected chi connectivity index (χ3v) is 5.09. The number of benzene rings is 2. The van der Waals surface area contributed by atoms with Crippen LogP contribution in [0, 0.1) is 0 Å². The maximum atomic E-state index is 4.75. The fourth-order valence-electron chi connectivity index (χ4n) is 3.40. The molecule has 0 aliphatic heterocycles. The molecule has 158 valence electrons. The van der Waals surface area contributed by atoms with Gasteiger partial charge in [-0.05, 0) is 46.9 Å².